The van der Waals surface area contributed by atoms with Crippen molar-refractivity contribution in [2.45, 2.75) is 50.5 Å². The van der Waals surface area contributed by atoms with Gasteiger partial charge in [-0.15, -0.1) is 0 Å². The van der Waals surface area contributed by atoms with Crippen molar-refractivity contribution in [3.63, 3.8) is 0 Å². The van der Waals surface area contributed by atoms with Gasteiger partial charge in [-0.05, 0) is 64.8 Å². The van der Waals surface area contributed by atoms with E-state index in [1.807, 2.05) is 0 Å². The monoisotopic (exact) mass is 313 g/mol. The summed E-state index contributed by atoms with van der Waals surface area (Å²) in [5.41, 5.74) is 0.169. The van der Waals surface area contributed by atoms with Crippen LogP contribution >= 0.6 is 0 Å². The van der Waals surface area contributed by atoms with E-state index >= 15 is 0 Å². The molecule has 0 saturated heterocycles. The Morgan fingerprint density at radius 3 is 2.48 bits per heavy atom. The van der Waals surface area contributed by atoms with E-state index in [0.29, 0.717) is 17.3 Å². The van der Waals surface area contributed by atoms with Gasteiger partial charge in [-0.25, -0.2) is 8.42 Å². The lowest BCUT2D eigenvalue weighted by Gasteiger charge is -2.20. The fraction of sp³-hybridized carbons (Fsp3) is 0.625. The third-order valence-electron chi connectivity index (χ3n) is 2.98. The van der Waals surface area contributed by atoms with E-state index in [4.69, 9.17) is 4.74 Å². The number of hydrogen-bond acceptors (Lipinski definition) is 4. The van der Waals surface area contributed by atoms with Crippen LogP contribution in [-0.4, -0.2) is 33.4 Å². The molecule has 0 bridgehead atoms. The number of sulfone groups is 1. The van der Waals surface area contributed by atoms with Gasteiger partial charge in [-0.2, -0.15) is 0 Å². The summed E-state index contributed by atoms with van der Waals surface area (Å²) < 4.78 is 28.5. The molecule has 0 saturated carbocycles. The minimum Gasteiger partial charge on any atom is -0.494 e. The van der Waals surface area contributed by atoms with E-state index in [1.165, 1.54) is 6.26 Å². The smallest absolute Gasteiger partial charge is 0.175 e. The van der Waals surface area contributed by atoms with Crippen molar-refractivity contribution < 1.29 is 13.2 Å². The molecule has 1 N–H and O–H groups in total. The van der Waals surface area contributed by atoms with Gasteiger partial charge >= 0.3 is 0 Å². The van der Waals surface area contributed by atoms with E-state index in [9.17, 15) is 8.42 Å². The third-order valence-corrected chi connectivity index (χ3v) is 4.09. The first kappa shape index (κ1) is 18.0. The van der Waals surface area contributed by atoms with Crippen LogP contribution in [0.4, 0.5) is 0 Å². The Labute approximate surface area is 128 Å². The average molecular weight is 313 g/mol. The third kappa shape index (κ3) is 8.07. The van der Waals surface area contributed by atoms with Crippen LogP contribution in [0, 0.1) is 0 Å². The molecule has 1 aromatic carbocycles. The van der Waals surface area contributed by atoms with E-state index in [-0.39, 0.29) is 5.54 Å². The SMILES string of the molecule is CC(C)(C)NCCCCCOc1cccc(S(C)(=O)=O)c1. The van der Waals surface area contributed by atoms with Crippen molar-refractivity contribution in [2.75, 3.05) is 19.4 Å². The van der Waals surface area contributed by atoms with Crippen LogP contribution in [0.2, 0.25) is 0 Å². The molecule has 120 valence electrons. The molecule has 0 radical (unpaired) electrons. The number of hydrogen-bond donors (Lipinski definition) is 1. The van der Waals surface area contributed by atoms with Crippen molar-refractivity contribution in [3.8, 4) is 5.75 Å². The largest absolute Gasteiger partial charge is 0.494 e. The lowest BCUT2D eigenvalue weighted by Crippen LogP contribution is -2.36. The first-order valence-corrected chi connectivity index (χ1v) is 9.25. The lowest BCUT2D eigenvalue weighted by molar-refractivity contribution is 0.302. The molecular weight excluding hydrogens is 286 g/mol. The second-order valence-electron chi connectivity index (χ2n) is 6.33. The highest BCUT2D eigenvalue weighted by atomic mass is 32.2. The van der Waals surface area contributed by atoms with Gasteiger partial charge in [0.25, 0.3) is 0 Å². The van der Waals surface area contributed by atoms with Crippen molar-refractivity contribution in [2.24, 2.45) is 0 Å². The van der Waals surface area contributed by atoms with Gasteiger partial charge in [-0.3, -0.25) is 0 Å². The topological polar surface area (TPSA) is 55.4 Å². The minimum absolute atomic E-state index is 0.169. The van der Waals surface area contributed by atoms with Gasteiger partial charge in [0, 0.05) is 11.8 Å². The predicted octanol–water partition coefficient (Wildman–Crippen LogP) is 3.03. The summed E-state index contributed by atoms with van der Waals surface area (Å²) in [7, 11) is -3.17. The standard InChI is InChI=1S/C16H27NO3S/c1-16(2,3)17-11-6-5-7-12-20-14-9-8-10-15(13-14)21(4,18)19/h8-10,13,17H,5-7,11-12H2,1-4H3. The summed E-state index contributed by atoms with van der Waals surface area (Å²) >= 11 is 0. The Bertz CT molecular complexity index is 533. The van der Waals surface area contributed by atoms with Gasteiger partial charge in [-0.1, -0.05) is 6.07 Å². The van der Waals surface area contributed by atoms with Crippen LogP contribution in [0.5, 0.6) is 5.75 Å². The first-order chi connectivity index (χ1) is 9.68. The molecule has 0 aliphatic heterocycles. The second kappa shape index (κ2) is 7.80. The Balaban J connectivity index is 2.25. The molecule has 21 heavy (non-hydrogen) atoms. The molecule has 1 rings (SSSR count). The summed E-state index contributed by atoms with van der Waals surface area (Å²) in [6, 6.07) is 6.66. The summed E-state index contributed by atoms with van der Waals surface area (Å²) in [6.07, 6.45) is 4.38. The molecule has 0 aliphatic rings. The normalized spacial score (nSPS) is 12.4. The molecular formula is C16H27NO3S. The molecule has 4 nitrogen and oxygen atoms in total. The maximum Gasteiger partial charge on any atom is 0.175 e. The molecule has 0 amide bonds. The molecule has 0 unspecified atom stereocenters. The quantitative estimate of drug-likeness (QED) is 0.750. The fourth-order valence-electron chi connectivity index (χ4n) is 1.85. The zero-order valence-electron chi connectivity index (χ0n) is 13.5. The van der Waals surface area contributed by atoms with Crippen molar-refractivity contribution in [3.05, 3.63) is 24.3 Å². The summed E-state index contributed by atoms with van der Waals surface area (Å²) in [4.78, 5) is 0.300. The van der Waals surface area contributed by atoms with Crippen molar-refractivity contribution >= 4 is 9.84 Å². The first-order valence-electron chi connectivity index (χ1n) is 7.36. The van der Waals surface area contributed by atoms with Gasteiger partial charge < -0.3 is 10.1 Å². The fourth-order valence-corrected chi connectivity index (χ4v) is 2.51. The van der Waals surface area contributed by atoms with E-state index in [1.54, 1.807) is 24.3 Å². The number of benzene rings is 1. The van der Waals surface area contributed by atoms with Crippen molar-refractivity contribution in [1.29, 1.82) is 0 Å². The van der Waals surface area contributed by atoms with Crippen molar-refractivity contribution in [1.82, 2.24) is 5.32 Å². The van der Waals surface area contributed by atoms with E-state index < -0.39 is 9.84 Å². The van der Waals surface area contributed by atoms with Crippen LogP contribution in [0.1, 0.15) is 40.0 Å². The van der Waals surface area contributed by atoms with E-state index in [2.05, 4.69) is 26.1 Å². The number of unbranched alkanes of at least 4 members (excludes halogenated alkanes) is 2. The highest BCUT2D eigenvalue weighted by Gasteiger charge is 2.08. The molecule has 1 aromatic rings. The number of ether oxygens (including phenoxy) is 1. The molecule has 0 aliphatic carbocycles. The van der Waals surface area contributed by atoms with Crippen LogP contribution in [-0.2, 0) is 9.84 Å². The number of rotatable bonds is 8. The summed E-state index contributed by atoms with van der Waals surface area (Å²) in [5.74, 6) is 0.616. The van der Waals surface area contributed by atoms with Gasteiger partial charge in [0.05, 0.1) is 11.5 Å². The Morgan fingerprint density at radius 1 is 1.14 bits per heavy atom. The molecule has 0 aromatic heterocycles. The average Bonchev–Trinajstić information content (AvgIpc) is 2.35. The predicted molar refractivity (Wildman–Crippen MR) is 86.7 cm³/mol. The van der Waals surface area contributed by atoms with Crippen LogP contribution in [0.25, 0.3) is 0 Å². The molecule has 0 fully saturated rings. The zero-order valence-corrected chi connectivity index (χ0v) is 14.3. The molecule has 0 spiro atoms. The van der Waals surface area contributed by atoms with Crippen LogP contribution in [0.3, 0.4) is 0 Å². The maximum atomic E-state index is 11.5. The molecule has 0 heterocycles. The summed E-state index contributed by atoms with van der Waals surface area (Å²) in [6.45, 7) is 8.09. The zero-order chi connectivity index (χ0) is 15.9. The van der Waals surface area contributed by atoms with Gasteiger partial charge in [0.1, 0.15) is 5.75 Å². The highest BCUT2D eigenvalue weighted by Crippen LogP contribution is 2.17. The van der Waals surface area contributed by atoms with Crippen LogP contribution < -0.4 is 10.1 Å². The Kier molecular flexibility index (Phi) is 6.68. The Hall–Kier alpha value is -1.07. The molecule has 0 atom stereocenters. The van der Waals surface area contributed by atoms with Gasteiger partial charge in [0.2, 0.25) is 0 Å². The lowest BCUT2D eigenvalue weighted by atomic mass is 10.1. The maximum absolute atomic E-state index is 11.5. The van der Waals surface area contributed by atoms with E-state index in [0.717, 1.165) is 25.8 Å². The van der Waals surface area contributed by atoms with Gasteiger partial charge in [0.15, 0.2) is 9.84 Å². The van der Waals surface area contributed by atoms with Crippen LogP contribution in [0.15, 0.2) is 29.2 Å². The molecule has 5 heteroatoms. The summed E-state index contributed by atoms with van der Waals surface area (Å²) in [5, 5.41) is 3.45. The second-order valence-corrected chi connectivity index (χ2v) is 8.35. The number of nitrogens with one attached hydrogen (secondary N) is 1. The highest BCUT2D eigenvalue weighted by molar-refractivity contribution is 7.90. The Morgan fingerprint density at radius 2 is 1.86 bits per heavy atom. The minimum atomic E-state index is -3.17.